The fourth-order valence-electron chi connectivity index (χ4n) is 6.52. The lowest BCUT2D eigenvalue weighted by molar-refractivity contribution is -0.605. The predicted octanol–water partition coefficient (Wildman–Crippen LogP) is 7.79. The molecule has 2 bridgehead atoms. The van der Waals surface area contributed by atoms with Gasteiger partial charge in [-0.2, -0.15) is 13.5 Å². The van der Waals surface area contributed by atoms with Crippen molar-refractivity contribution in [1.29, 1.82) is 0 Å². The van der Waals surface area contributed by atoms with E-state index in [0.717, 1.165) is 38.3 Å². The van der Waals surface area contributed by atoms with Crippen molar-refractivity contribution in [2.24, 2.45) is 5.92 Å². The molecule has 0 N–H and O–H groups in total. The molecule has 1 amide bonds. The van der Waals surface area contributed by atoms with Crippen molar-refractivity contribution in [1.82, 2.24) is 9.88 Å². The number of esters is 1. The number of carbonyl (C=O) groups is 2. The number of benzene rings is 2. The van der Waals surface area contributed by atoms with Crippen LogP contribution >= 0.6 is 23.2 Å². The number of amides is 1. The van der Waals surface area contributed by atoms with Gasteiger partial charge in [-0.3, -0.25) is 9.80 Å². The molecule has 2 aromatic carbocycles. The van der Waals surface area contributed by atoms with Crippen molar-refractivity contribution in [3.63, 3.8) is 0 Å². The van der Waals surface area contributed by atoms with Gasteiger partial charge in [-0.25, -0.2) is 14.6 Å². The van der Waals surface area contributed by atoms with Crippen molar-refractivity contribution in [3.8, 4) is 11.5 Å². The van der Waals surface area contributed by atoms with Crippen molar-refractivity contribution in [3.05, 3.63) is 117 Å². The molecule has 0 radical (unpaired) electrons. The van der Waals surface area contributed by atoms with Crippen molar-refractivity contribution < 1.29 is 42.0 Å². The molecule has 4 aromatic rings. The van der Waals surface area contributed by atoms with Gasteiger partial charge in [0.25, 0.3) is 0 Å². The molecular formula is C38H38Cl2F2N4O7. The van der Waals surface area contributed by atoms with E-state index in [4.69, 9.17) is 37.4 Å². The zero-order valence-corrected chi connectivity index (χ0v) is 30.5. The van der Waals surface area contributed by atoms with Crippen LogP contribution in [0.4, 0.5) is 19.4 Å². The second kappa shape index (κ2) is 17.0. The van der Waals surface area contributed by atoms with Gasteiger partial charge in [-0.1, -0.05) is 47.5 Å². The Labute approximate surface area is 315 Å². The monoisotopic (exact) mass is 770 g/mol. The van der Waals surface area contributed by atoms with Crippen LogP contribution in [-0.4, -0.2) is 60.4 Å². The number of pyridine rings is 2. The van der Waals surface area contributed by atoms with Gasteiger partial charge in [0.2, 0.25) is 0 Å². The van der Waals surface area contributed by atoms with Gasteiger partial charge < -0.3 is 24.2 Å². The maximum absolute atomic E-state index is 13.7. The van der Waals surface area contributed by atoms with Crippen LogP contribution in [0.25, 0.3) is 0 Å². The number of hydrogen-bond donors (Lipinski definition) is 0. The van der Waals surface area contributed by atoms with Gasteiger partial charge in [0.15, 0.2) is 23.9 Å². The third-order valence-corrected chi connectivity index (χ3v) is 9.79. The molecule has 3 saturated heterocycles. The van der Waals surface area contributed by atoms with Crippen LogP contribution < -0.4 is 19.1 Å². The Kier molecular flexibility index (Phi) is 12.2. The van der Waals surface area contributed by atoms with Crippen LogP contribution in [-0.2, 0) is 22.4 Å². The third kappa shape index (κ3) is 9.64. The van der Waals surface area contributed by atoms with Crippen molar-refractivity contribution in [2.45, 2.75) is 64.6 Å². The highest BCUT2D eigenvalue weighted by atomic mass is 35.5. The van der Waals surface area contributed by atoms with Crippen LogP contribution in [0.2, 0.25) is 10.0 Å². The predicted molar refractivity (Wildman–Crippen MR) is 192 cm³/mol. The number of piperidine rings is 3. The molecular weight excluding hydrogens is 733 g/mol. The molecule has 0 unspecified atom stereocenters. The van der Waals surface area contributed by atoms with Gasteiger partial charge in [0.05, 0.1) is 18.2 Å². The first kappa shape index (κ1) is 38.0. The summed E-state index contributed by atoms with van der Waals surface area (Å²) in [6, 6.07) is 16.0. The van der Waals surface area contributed by atoms with Gasteiger partial charge in [0.1, 0.15) is 28.1 Å². The lowest BCUT2D eigenvalue weighted by Crippen LogP contribution is -2.53. The zero-order valence-electron chi connectivity index (χ0n) is 29.0. The summed E-state index contributed by atoms with van der Waals surface area (Å²) in [4.78, 5) is 35.4. The summed E-state index contributed by atoms with van der Waals surface area (Å²) in [7, 11) is 0. The number of fused-ring (bicyclic) bond motifs is 3. The summed E-state index contributed by atoms with van der Waals surface area (Å²) in [6.45, 7) is 3.22. The van der Waals surface area contributed by atoms with E-state index in [1.54, 1.807) is 62.5 Å². The van der Waals surface area contributed by atoms with E-state index in [1.165, 1.54) is 23.1 Å². The number of nitrogens with zero attached hydrogens (tertiary/aromatic N) is 4. The smallest absolute Gasteiger partial charge is 0.416 e. The summed E-state index contributed by atoms with van der Waals surface area (Å²) in [5.74, 6) is -0.148. The Bertz CT molecular complexity index is 1870. The molecule has 15 heteroatoms. The molecule has 53 heavy (non-hydrogen) atoms. The minimum atomic E-state index is -3.10. The Balaban J connectivity index is 1.23. The molecule has 0 aliphatic carbocycles. The van der Waals surface area contributed by atoms with E-state index < -0.39 is 30.9 Å². The lowest BCUT2D eigenvalue weighted by Gasteiger charge is -2.44. The second-order valence-corrected chi connectivity index (χ2v) is 14.0. The first-order valence-corrected chi connectivity index (χ1v) is 17.9. The average Bonchev–Trinajstić information content (AvgIpc) is 3.13. The molecule has 2 aromatic heterocycles. The molecule has 2 atom stereocenters. The molecule has 7 rings (SSSR count). The van der Waals surface area contributed by atoms with E-state index in [2.05, 4.69) is 14.6 Å². The van der Waals surface area contributed by atoms with E-state index in [9.17, 15) is 23.6 Å². The SMILES string of the molecule is CC(C)Oc1cc([C@H](Cc2c(Cl)c[n+]([O-])cc2Cl)OC(=O)c2ccc(CN(C(=O)O[C@H]3CN4CCC3CC4)c3ccccn3)cc2)ccc1OC(F)F. The number of ether oxygens (including phenoxy) is 4. The molecule has 280 valence electrons. The molecule has 0 spiro atoms. The van der Waals surface area contributed by atoms with Crippen LogP contribution in [0.15, 0.2) is 79.3 Å². The van der Waals surface area contributed by atoms with Crippen LogP contribution in [0.3, 0.4) is 0 Å². The van der Waals surface area contributed by atoms with Crippen LogP contribution in [0.5, 0.6) is 11.5 Å². The zero-order chi connectivity index (χ0) is 37.6. The van der Waals surface area contributed by atoms with E-state index in [-0.39, 0.29) is 46.2 Å². The first-order chi connectivity index (χ1) is 25.4. The lowest BCUT2D eigenvalue weighted by atomic mass is 9.86. The average molecular weight is 772 g/mol. The van der Waals surface area contributed by atoms with Gasteiger partial charge in [0, 0.05) is 24.7 Å². The van der Waals surface area contributed by atoms with Gasteiger partial charge in [-0.05, 0) is 93.2 Å². The topological polar surface area (TPSA) is 117 Å². The second-order valence-electron chi connectivity index (χ2n) is 13.2. The number of anilines is 1. The molecule has 3 fully saturated rings. The van der Waals surface area contributed by atoms with E-state index in [1.807, 2.05) is 0 Å². The Morgan fingerprint density at radius 1 is 1.00 bits per heavy atom. The Morgan fingerprint density at radius 2 is 1.72 bits per heavy atom. The highest BCUT2D eigenvalue weighted by molar-refractivity contribution is 6.35. The maximum atomic E-state index is 13.7. The minimum absolute atomic E-state index is 0.00958. The normalized spacial score (nSPS) is 18.5. The number of halogens is 4. The Morgan fingerprint density at radius 3 is 2.32 bits per heavy atom. The Hall–Kier alpha value is -4.72. The number of aromatic nitrogens is 2. The highest BCUT2D eigenvalue weighted by Gasteiger charge is 2.37. The van der Waals surface area contributed by atoms with Crippen LogP contribution in [0, 0.1) is 11.1 Å². The summed E-state index contributed by atoms with van der Waals surface area (Å²) >= 11 is 12.8. The summed E-state index contributed by atoms with van der Waals surface area (Å²) in [5.41, 5.74) is 1.59. The standard InChI is InChI=1S/C38H38Cl2F2N4O7/c1-23(2)50-33-17-27(10-11-31(33)52-37(41)42)32(18-28-29(39)20-45(49)21-30(28)40)51-36(47)26-8-6-24(7-9-26)19-46(35-5-3-4-14-43-35)38(48)53-34-22-44-15-12-25(34)13-16-44/h3-11,14,17,20-21,23,25,32,34,37H,12-13,15-16,18-19,22H2,1-2H3/t32-,34-/m0/s1. The molecule has 11 nitrogen and oxygen atoms in total. The van der Waals surface area contributed by atoms with Crippen LogP contribution in [0.1, 0.15) is 59.8 Å². The fraction of sp³-hybridized carbons (Fsp3) is 0.368. The quantitative estimate of drug-likeness (QED) is 0.0763. The number of alkyl halides is 2. The summed E-state index contributed by atoms with van der Waals surface area (Å²) in [5, 5.41) is 12.0. The maximum Gasteiger partial charge on any atom is 0.416 e. The van der Waals surface area contributed by atoms with E-state index >= 15 is 0 Å². The number of hydrogen-bond acceptors (Lipinski definition) is 9. The highest BCUT2D eigenvalue weighted by Crippen LogP contribution is 2.37. The fourth-order valence-corrected chi connectivity index (χ4v) is 7.12. The van der Waals surface area contributed by atoms with E-state index in [0.29, 0.717) is 39.7 Å². The largest absolute Gasteiger partial charge is 0.619 e. The minimum Gasteiger partial charge on any atom is -0.619 e. The van der Waals surface area contributed by atoms with Crippen molar-refractivity contribution >= 4 is 41.1 Å². The molecule has 0 saturated carbocycles. The van der Waals surface area contributed by atoms with Gasteiger partial charge >= 0.3 is 18.7 Å². The van der Waals surface area contributed by atoms with Crippen molar-refractivity contribution in [2.75, 3.05) is 24.5 Å². The third-order valence-electron chi connectivity index (χ3n) is 9.14. The molecule has 3 aliphatic heterocycles. The number of rotatable bonds is 13. The van der Waals surface area contributed by atoms with Gasteiger partial charge in [-0.15, -0.1) is 0 Å². The first-order valence-electron chi connectivity index (χ1n) is 17.2. The number of carbonyl (C=O) groups excluding carboxylic acids is 2. The molecule has 3 aliphatic rings. The summed E-state index contributed by atoms with van der Waals surface area (Å²) in [6.07, 6.45) is 3.62. The summed E-state index contributed by atoms with van der Waals surface area (Å²) < 4.78 is 49.2. The molecule has 5 heterocycles.